The molecule has 0 aromatic rings. The Hall–Kier alpha value is -0.890. The van der Waals surface area contributed by atoms with E-state index in [9.17, 15) is 0 Å². The highest BCUT2D eigenvalue weighted by Crippen LogP contribution is 2.12. The van der Waals surface area contributed by atoms with Gasteiger partial charge in [0.25, 0.3) is 0 Å². The monoisotopic (exact) mass is 179 g/mol. The van der Waals surface area contributed by atoms with Crippen molar-refractivity contribution in [3.8, 4) is 0 Å². The van der Waals surface area contributed by atoms with E-state index in [4.69, 9.17) is 5.11 Å². The van der Waals surface area contributed by atoms with Crippen LogP contribution in [0.25, 0.3) is 0 Å². The van der Waals surface area contributed by atoms with Crippen molar-refractivity contribution in [3.05, 3.63) is 24.4 Å². The van der Waals surface area contributed by atoms with Gasteiger partial charge in [-0.15, -0.1) is 0 Å². The average Bonchev–Trinajstić information content (AvgIpc) is 2.15. The van der Waals surface area contributed by atoms with Crippen LogP contribution in [0.3, 0.4) is 0 Å². The highest BCUT2D eigenvalue weighted by Gasteiger charge is 1.98. The van der Waals surface area contributed by atoms with Crippen molar-refractivity contribution < 1.29 is 5.11 Å². The fraction of sp³-hybridized carbons (Fsp3) is 0.545. The van der Waals surface area contributed by atoms with Crippen LogP contribution in [-0.4, -0.2) is 17.4 Å². The molecule has 0 atom stereocenters. The number of aliphatic imine (C=N–C) groups is 1. The topological polar surface area (TPSA) is 32.6 Å². The zero-order valence-electron chi connectivity index (χ0n) is 8.00. The van der Waals surface area contributed by atoms with Crippen LogP contribution >= 0.6 is 0 Å². The van der Waals surface area contributed by atoms with E-state index < -0.39 is 0 Å². The third-order valence-electron chi connectivity index (χ3n) is 2.11. The number of hydrogen-bond acceptors (Lipinski definition) is 2. The molecule has 0 radical (unpaired) electrons. The number of nitrogens with zero attached hydrogens (tertiary/aromatic N) is 1. The van der Waals surface area contributed by atoms with E-state index in [1.807, 2.05) is 6.08 Å². The molecule has 0 unspecified atom stereocenters. The second-order valence-electron chi connectivity index (χ2n) is 3.33. The van der Waals surface area contributed by atoms with Crippen molar-refractivity contribution in [2.24, 2.45) is 4.99 Å². The molecule has 0 saturated carbocycles. The van der Waals surface area contributed by atoms with Gasteiger partial charge in [-0.3, -0.25) is 4.99 Å². The number of aliphatic hydroxyl groups is 1. The van der Waals surface area contributed by atoms with E-state index in [0.29, 0.717) is 0 Å². The van der Waals surface area contributed by atoms with Crippen molar-refractivity contribution in [1.82, 2.24) is 0 Å². The maximum absolute atomic E-state index is 8.96. The minimum absolute atomic E-state index is 0.00944. The van der Waals surface area contributed by atoms with E-state index in [-0.39, 0.29) is 6.61 Å². The normalized spacial score (nSPS) is 22.2. The Balaban J connectivity index is 2.65. The van der Waals surface area contributed by atoms with Gasteiger partial charge in [-0.05, 0) is 31.8 Å². The van der Waals surface area contributed by atoms with Gasteiger partial charge in [0.15, 0.2) is 0 Å². The van der Waals surface area contributed by atoms with Crippen molar-refractivity contribution >= 4 is 5.71 Å². The lowest BCUT2D eigenvalue weighted by atomic mass is 10.1. The summed E-state index contributed by atoms with van der Waals surface area (Å²) in [5.74, 6) is 0. The number of rotatable bonds is 1. The third kappa shape index (κ3) is 4.04. The summed E-state index contributed by atoms with van der Waals surface area (Å²) in [6, 6.07) is 0. The molecule has 1 N–H and O–H groups in total. The predicted octanol–water partition coefficient (Wildman–Crippen LogP) is 2.45. The summed E-state index contributed by atoms with van der Waals surface area (Å²) in [6.45, 7) is 3.86. The second kappa shape index (κ2) is 5.70. The first-order valence-corrected chi connectivity index (χ1v) is 4.85. The summed E-state index contributed by atoms with van der Waals surface area (Å²) < 4.78 is 0. The lowest BCUT2D eigenvalue weighted by Gasteiger charge is -2.04. The summed E-state index contributed by atoms with van der Waals surface area (Å²) >= 11 is 0. The van der Waals surface area contributed by atoms with Crippen molar-refractivity contribution in [3.63, 3.8) is 0 Å². The number of hydrogen-bond donors (Lipinski definition) is 1. The van der Waals surface area contributed by atoms with Gasteiger partial charge in [0.1, 0.15) is 0 Å². The lowest BCUT2D eigenvalue weighted by Crippen LogP contribution is -2.01. The molecule has 2 nitrogen and oxygen atoms in total. The van der Waals surface area contributed by atoms with Gasteiger partial charge in [-0.2, -0.15) is 0 Å². The van der Waals surface area contributed by atoms with Crippen LogP contribution in [0.15, 0.2) is 29.4 Å². The molecule has 72 valence electrons. The van der Waals surface area contributed by atoms with Crippen LogP contribution < -0.4 is 0 Å². The van der Waals surface area contributed by atoms with Crippen molar-refractivity contribution in [2.45, 2.75) is 32.1 Å². The molecule has 0 bridgehead atoms. The summed E-state index contributed by atoms with van der Waals surface area (Å²) in [6.07, 6.45) is 9.65. The maximum atomic E-state index is 8.96. The van der Waals surface area contributed by atoms with Gasteiger partial charge >= 0.3 is 0 Å². The summed E-state index contributed by atoms with van der Waals surface area (Å²) in [5, 5.41) is 8.96. The molecule has 0 spiro atoms. The summed E-state index contributed by atoms with van der Waals surface area (Å²) in [5.41, 5.74) is 1.61. The van der Waals surface area contributed by atoms with Gasteiger partial charge < -0.3 is 5.11 Å². The molecule has 1 rings (SSSR count). The van der Waals surface area contributed by atoms with Gasteiger partial charge in [0, 0.05) is 5.70 Å². The first-order valence-electron chi connectivity index (χ1n) is 4.85. The van der Waals surface area contributed by atoms with Crippen LogP contribution in [0, 0.1) is 0 Å². The van der Waals surface area contributed by atoms with Gasteiger partial charge in [-0.25, -0.2) is 0 Å². The third-order valence-corrected chi connectivity index (χ3v) is 2.11. The Bertz CT molecular complexity index is 228. The minimum Gasteiger partial charge on any atom is -0.390 e. The number of aliphatic hydroxyl groups excluding tert-OH is 1. The first kappa shape index (κ1) is 10.2. The SMILES string of the molecule is C=C1CCCCC/C=C\C(CO)=N1. The Morgan fingerprint density at radius 2 is 2.23 bits per heavy atom. The molecular formula is C11H17NO. The van der Waals surface area contributed by atoms with Crippen LogP contribution in [0.5, 0.6) is 0 Å². The van der Waals surface area contributed by atoms with Crippen molar-refractivity contribution in [2.75, 3.05) is 6.61 Å². The molecular weight excluding hydrogens is 162 g/mol. The Labute approximate surface area is 79.7 Å². The first-order chi connectivity index (χ1) is 6.33. The van der Waals surface area contributed by atoms with Crippen LogP contribution in [0.1, 0.15) is 32.1 Å². The summed E-state index contributed by atoms with van der Waals surface area (Å²) in [7, 11) is 0. The second-order valence-corrected chi connectivity index (χ2v) is 3.33. The highest BCUT2D eigenvalue weighted by atomic mass is 16.3. The van der Waals surface area contributed by atoms with E-state index >= 15 is 0 Å². The highest BCUT2D eigenvalue weighted by molar-refractivity contribution is 5.96. The van der Waals surface area contributed by atoms with Gasteiger partial charge in [-0.1, -0.05) is 19.1 Å². The molecule has 1 aliphatic rings. The number of allylic oxidation sites excluding steroid dienone is 2. The zero-order chi connectivity index (χ0) is 9.52. The van der Waals surface area contributed by atoms with E-state index in [0.717, 1.165) is 30.7 Å². The summed E-state index contributed by atoms with van der Waals surface area (Å²) in [4.78, 5) is 4.24. The molecule has 1 heterocycles. The van der Waals surface area contributed by atoms with Gasteiger partial charge in [0.05, 0.1) is 12.3 Å². The van der Waals surface area contributed by atoms with E-state index in [1.165, 1.54) is 12.8 Å². The predicted molar refractivity (Wildman–Crippen MR) is 55.9 cm³/mol. The molecule has 0 aromatic heterocycles. The average molecular weight is 179 g/mol. The minimum atomic E-state index is 0.00944. The van der Waals surface area contributed by atoms with Gasteiger partial charge in [0.2, 0.25) is 0 Å². The maximum Gasteiger partial charge on any atom is 0.0852 e. The van der Waals surface area contributed by atoms with Crippen LogP contribution in [-0.2, 0) is 0 Å². The Morgan fingerprint density at radius 1 is 1.38 bits per heavy atom. The zero-order valence-corrected chi connectivity index (χ0v) is 8.00. The van der Waals surface area contributed by atoms with E-state index in [1.54, 1.807) is 0 Å². The molecule has 0 saturated heterocycles. The molecule has 0 fully saturated rings. The molecule has 0 aromatic carbocycles. The van der Waals surface area contributed by atoms with Crippen LogP contribution in [0.4, 0.5) is 0 Å². The van der Waals surface area contributed by atoms with Crippen LogP contribution in [0.2, 0.25) is 0 Å². The Kier molecular flexibility index (Phi) is 4.47. The molecule has 13 heavy (non-hydrogen) atoms. The fourth-order valence-electron chi connectivity index (χ4n) is 1.37. The largest absolute Gasteiger partial charge is 0.390 e. The van der Waals surface area contributed by atoms with E-state index in [2.05, 4.69) is 17.6 Å². The molecule has 0 amide bonds. The lowest BCUT2D eigenvalue weighted by molar-refractivity contribution is 0.358. The smallest absolute Gasteiger partial charge is 0.0852 e. The molecule has 1 aliphatic heterocycles. The fourth-order valence-corrected chi connectivity index (χ4v) is 1.37. The Morgan fingerprint density at radius 3 is 3.00 bits per heavy atom. The quantitative estimate of drug-likeness (QED) is 0.659. The van der Waals surface area contributed by atoms with Crippen molar-refractivity contribution in [1.29, 1.82) is 0 Å². The molecule has 0 aliphatic carbocycles. The molecule has 2 heteroatoms. The standard InChI is InChI=1S/C11H17NO/c1-10-7-5-3-2-4-6-8-11(9-13)12-10/h6,8,13H,1-5,7,9H2/b8-6-,12-11?.